The molecule has 0 saturated heterocycles. The van der Waals surface area contributed by atoms with E-state index in [2.05, 4.69) is 4.98 Å². The Labute approximate surface area is 114 Å². The second kappa shape index (κ2) is 4.35. The summed E-state index contributed by atoms with van der Waals surface area (Å²) in [7, 11) is 0. The molecule has 3 rings (SSSR count). The summed E-state index contributed by atoms with van der Waals surface area (Å²) in [6.45, 7) is 0. The molecule has 4 N–H and O–H groups in total. The van der Waals surface area contributed by atoms with Gasteiger partial charge in [-0.3, -0.25) is 4.90 Å². The van der Waals surface area contributed by atoms with Crippen molar-refractivity contribution < 1.29 is 0 Å². The van der Waals surface area contributed by atoms with E-state index in [1.165, 1.54) is 0 Å². The van der Waals surface area contributed by atoms with Gasteiger partial charge in [-0.15, -0.1) is 0 Å². The van der Waals surface area contributed by atoms with E-state index in [-0.39, 0.29) is 5.50 Å². The second-order valence-corrected chi connectivity index (χ2v) is 5.47. The van der Waals surface area contributed by atoms with Gasteiger partial charge in [0.2, 0.25) is 0 Å². The first-order chi connectivity index (χ1) is 8.65. The molecule has 18 heavy (non-hydrogen) atoms. The van der Waals surface area contributed by atoms with E-state index in [1.807, 2.05) is 35.2 Å². The number of pyridine rings is 1. The highest BCUT2D eigenvalue weighted by Gasteiger charge is 2.29. The highest BCUT2D eigenvalue weighted by Crippen LogP contribution is 2.45. The SMILES string of the molecule is Nc1ccc2c(c1)SC(N)N2c1cccc(Cl)n1. The molecule has 1 unspecified atom stereocenters. The first-order valence-corrected chi connectivity index (χ1v) is 6.64. The van der Waals surface area contributed by atoms with Crippen LogP contribution in [0.3, 0.4) is 0 Å². The lowest BCUT2D eigenvalue weighted by atomic mass is 10.2. The first kappa shape index (κ1) is 11.6. The Morgan fingerprint density at radius 1 is 1.28 bits per heavy atom. The Hall–Kier alpha value is -1.43. The zero-order chi connectivity index (χ0) is 12.7. The molecule has 0 saturated carbocycles. The van der Waals surface area contributed by atoms with Crippen LogP contribution in [0.2, 0.25) is 5.15 Å². The van der Waals surface area contributed by atoms with E-state index in [4.69, 9.17) is 23.1 Å². The van der Waals surface area contributed by atoms with Crippen LogP contribution in [-0.2, 0) is 0 Å². The Kier molecular flexibility index (Phi) is 2.81. The maximum atomic E-state index is 6.13. The van der Waals surface area contributed by atoms with E-state index in [0.29, 0.717) is 5.15 Å². The molecule has 0 radical (unpaired) electrons. The van der Waals surface area contributed by atoms with Crippen LogP contribution in [0, 0.1) is 0 Å². The Balaban J connectivity index is 2.09. The third-order valence-electron chi connectivity index (χ3n) is 2.69. The number of hydrogen-bond donors (Lipinski definition) is 2. The number of anilines is 3. The number of nitrogen functional groups attached to an aromatic ring is 1. The lowest BCUT2D eigenvalue weighted by Gasteiger charge is -2.22. The molecule has 2 aromatic rings. The lowest BCUT2D eigenvalue weighted by Crippen LogP contribution is -2.32. The predicted molar refractivity (Wildman–Crippen MR) is 76.1 cm³/mol. The van der Waals surface area contributed by atoms with Crippen molar-refractivity contribution in [3.8, 4) is 0 Å². The molecule has 4 nitrogen and oxygen atoms in total. The average Bonchev–Trinajstić information content (AvgIpc) is 2.64. The number of fused-ring (bicyclic) bond motifs is 1. The van der Waals surface area contributed by atoms with Crippen molar-refractivity contribution in [2.75, 3.05) is 10.6 Å². The maximum Gasteiger partial charge on any atom is 0.136 e. The molecular weight excluding hydrogens is 268 g/mol. The van der Waals surface area contributed by atoms with Crippen molar-refractivity contribution in [1.82, 2.24) is 4.98 Å². The Bertz CT molecular complexity index is 604. The number of halogens is 1. The normalized spacial score (nSPS) is 17.9. The molecule has 92 valence electrons. The van der Waals surface area contributed by atoms with Crippen LogP contribution in [-0.4, -0.2) is 10.5 Å². The number of aromatic nitrogens is 1. The minimum absolute atomic E-state index is 0.215. The van der Waals surface area contributed by atoms with Crippen molar-refractivity contribution in [3.05, 3.63) is 41.6 Å². The number of thioether (sulfide) groups is 1. The maximum absolute atomic E-state index is 6.13. The van der Waals surface area contributed by atoms with Crippen LogP contribution in [0.15, 0.2) is 41.3 Å². The quantitative estimate of drug-likeness (QED) is 0.620. The average molecular weight is 279 g/mol. The molecule has 0 amide bonds. The van der Waals surface area contributed by atoms with Gasteiger partial charge in [-0.1, -0.05) is 29.4 Å². The van der Waals surface area contributed by atoms with Crippen LogP contribution in [0.25, 0.3) is 0 Å². The zero-order valence-electron chi connectivity index (χ0n) is 9.38. The van der Waals surface area contributed by atoms with Gasteiger partial charge in [-0.05, 0) is 30.3 Å². The van der Waals surface area contributed by atoms with Crippen LogP contribution in [0.4, 0.5) is 17.2 Å². The number of rotatable bonds is 1. The van der Waals surface area contributed by atoms with Gasteiger partial charge in [0.05, 0.1) is 5.69 Å². The number of benzene rings is 1. The molecule has 0 bridgehead atoms. The summed E-state index contributed by atoms with van der Waals surface area (Å²) in [5.74, 6) is 0.742. The van der Waals surface area contributed by atoms with Gasteiger partial charge in [0.15, 0.2) is 0 Å². The molecule has 1 aromatic carbocycles. The van der Waals surface area contributed by atoms with Crippen LogP contribution >= 0.6 is 23.4 Å². The predicted octanol–water partition coefficient (Wildman–Crippen LogP) is 2.80. The van der Waals surface area contributed by atoms with Crippen molar-refractivity contribution >= 4 is 40.6 Å². The summed E-state index contributed by atoms with van der Waals surface area (Å²) in [4.78, 5) is 7.30. The van der Waals surface area contributed by atoms with Gasteiger partial charge in [0.1, 0.15) is 16.5 Å². The fraction of sp³-hybridized carbons (Fsp3) is 0.0833. The molecule has 1 aliphatic rings. The molecular formula is C12H11ClN4S. The van der Waals surface area contributed by atoms with Gasteiger partial charge < -0.3 is 11.5 Å². The summed E-state index contributed by atoms with van der Waals surface area (Å²) in [6, 6.07) is 11.2. The van der Waals surface area contributed by atoms with E-state index in [1.54, 1.807) is 17.8 Å². The van der Waals surface area contributed by atoms with Crippen LogP contribution in [0.5, 0.6) is 0 Å². The third kappa shape index (κ3) is 1.90. The fourth-order valence-corrected chi connectivity index (χ4v) is 3.17. The molecule has 0 fully saturated rings. The van der Waals surface area contributed by atoms with Crippen molar-refractivity contribution in [3.63, 3.8) is 0 Å². The summed E-state index contributed by atoms with van der Waals surface area (Å²) in [5.41, 5.74) is 13.4. The minimum Gasteiger partial charge on any atom is -0.399 e. The topological polar surface area (TPSA) is 68.2 Å². The molecule has 1 atom stereocenters. The summed E-state index contributed by atoms with van der Waals surface area (Å²) >= 11 is 7.47. The standard InChI is InChI=1S/C12H11ClN4S/c13-10-2-1-3-11(16-10)17-8-5-4-7(14)6-9(8)18-12(17)15/h1-6,12H,14-15H2. The zero-order valence-corrected chi connectivity index (χ0v) is 10.9. The Morgan fingerprint density at radius 3 is 2.89 bits per heavy atom. The smallest absolute Gasteiger partial charge is 0.136 e. The third-order valence-corrected chi connectivity index (χ3v) is 3.94. The van der Waals surface area contributed by atoms with Crippen LogP contribution < -0.4 is 16.4 Å². The van der Waals surface area contributed by atoms with Gasteiger partial charge in [-0.25, -0.2) is 4.98 Å². The van der Waals surface area contributed by atoms with E-state index < -0.39 is 0 Å². The molecule has 0 aliphatic carbocycles. The summed E-state index contributed by atoms with van der Waals surface area (Å²) in [5, 5.41) is 0.452. The van der Waals surface area contributed by atoms with Gasteiger partial charge in [0.25, 0.3) is 0 Å². The number of nitrogens with two attached hydrogens (primary N) is 2. The summed E-state index contributed by atoms with van der Waals surface area (Å²) < 4.78 is 0. The van der Waals surface area contributed by atoms with Crippen molar-refractivity contribution in [2.45, 2.75) is 10.4 Å². The lowest BCUT2D eigenvalue weighted by molar-refractivity contribution is 0.911. The van der Waals surface area contributed by atoms with Gasteiger partial charge in [0, 0.05) is 10.6 Å². The summed E-state index contributed by atoms with van der Waals surface area (Å²) in [6.07, 6.45) is 0. The molecule has 0 spiro atoms. The highest BCUT2D eigenvalue weighted by atomic mass is 35.5. The van der Waals surface area contributed by atoms with Crippen molar-refractivity contribution in [2.24, 2.45) is 5.73 Å². The van der Waals surface area contributed by atoms with Gasteiger partial charge in [-0.2, -0.15) is 0 Å². The largest absolute Gasteiger partial charge is 0.399 e. The first-order valence-electron chi connectivity index (χ1n) is 5.39. The van der Waals surface area contributed by atoms with E-state index in [9.17, 15) is 0 Å². The molecule has 2 heterocycles. The van der Waals surface area contributed by atoms with E-state index in [0.717, 1.165) is 22.1 Å². The van der Waals surface area contributed by atoms with E-state index >= 15 is 0 Å². The Morgan fingerprint density at radius 2 is 2.11 bits per heavy atom. The number of nitrogens with zero attached hydrogens (tertiary/aromatic N) is 2. The highest BCUT2D eigenvalue weighted by molar-refractivity contribution is 8.00. The molecule has 1 aromatic heterocycles. The molecule has 1 aliphatic heterocycles. The molecule has 6 heteroatoms. The number of hydrogen-bond acceptors (Lipinski definition) is 5. The monoisotopic (exact) mass is 278 g/mol. The van der Waals surface area contributed by atoms with Crippen molar-refractivity contribution in [1.29, 1.82) is 0 Å². The van der Waals surface area contributed by atoms with Gasteiger partial charge >= 0.3 is 0 Å². The fourth-order valence-electron chi connectivity index (χ4n) is 1.93. The second-order valence-electron chi connectivity index (χ2n) is 3.92. The minimum atomic E-state index is -0.215. The van der Waals surface area contributed by atoms with Crippen LogP contribution in [0.1, 0.15) is 0 Å².